The number of aliphatic hydroxyl groups is 1. The topological polar surface area (TPSA) is 41.5 Å². The van der Waals surface area contributed by atoms with Gasteiger partial charge in [-0.2, -0.15) is 0 Å². The molecule has 1 aliphatic rings. The van der Waals surface area contributed by atoms with Crippen LogP contribution >= 0.6 is 0 Å². The Morgan fingerprint density at radius 3 is 2.88 bits per heavy atom. The van der Waals surface area contributed by atoms with Crippen molar-refractivity contribution in [3.63, 3.8) is 0 Å². The van der Waals surface area contributed by atoms with Gasteiger partial charge in [-0.15, -0.1) is 0 Å². The molecule has 2 unspecified atom stereocenters. The lowest BCUT2D eigenvalue weighted by atomic mass is 10.1. The zero-order valence-electron chi connectivity index (χ0n) is 9.43. The average Bonchev–Trinajstić information content (AvgIpc) is 2.38. The van der Waals surface area contributed by atoms with Gasteiger partial charge in [-0.05, 0) is 24.9 Å². The summed E-state index contributed by atoms with van der Waals surface area (Å²) in [6, 6.07) is 9.66. The van der Waals surface area contributed by atoms with Crippen molar-refractivity contribution < 1.29 is 9.84 Å². The van der Waals surface area contributed by atoms with Crippen molar-refractivity contribution in [3.8, 4) is 0 Å². The highest BCUT2D eigenvalue weighted by Crippen LogP contribution is 2.14. The zero-order valence-corrected chi connectivity index (χ0v) is 9.43. The lowest BCUT2D eigenvalue weighted by Gasteiger charge is -2.24. The van der Waals surface area contributed by atoms with E-state index in [9.17, 15) is 5.11 Å². The molecule has 0 aromatic heterocycles. The molecule has 88 valence electrons. The molecule has 1 fully saturated rings. The van der Waals surface area contributed by atoms with Crippen LogP contribution in [0.3, 0.4) is 0 Å². The molecule has 0 amide bonds. The van der Waals surface area contributed by atoms with E-state index >= 15 is 0 Å². The van der Waals surface area contributed by atoms with Crippen molar-refractivity contribution in [1.29, 1.82) is 0 Å². The lowest BCUT2D eigenvalue weighted by Crippen LogP contribution is -2.36. The van der Waals surface area contributed by atoms with Gasteiger partial charge in [0.15, 0.2) is 0 Å². The molecule has 2 atom stereocenters. The second-order valence-electron chi connectivity index (χ2n) is 4.23. The number of benzene rings is 1. The molecular formula is C13H19NO2. The molecule has 2 N–H and O–H groups in total. The Kier molecular flexibility index (Phi) is 4.34. The third-order valence-electron chi connectivity index (χ3n) is 2.93. The second kappa shape index (κ2) is 5.99. The highest BCUT2D eigenvalue weighted by Gasteiger charge is 2.15. The fourth-order valence-electron chi connectivity index (χ4n) is 1.96. The van der Waals surface area contributed by atoms with E-state index in [-0.39, 0.29) is 6.10 Å². The van der Waals surface area contributed by atoms with E-state index in [0.29, 0.717) is 6.61 Å². The Balaban J connectivity index is 1.77. The summed E-state index contributed by atoms with van der Waals surface area (Å²) in [4.78, 5) is 0. The molecule has 1 saturated heterocycles. The molecule has 0 saturated carbocycles. The highest BCUT2D eigenvalue weighted by molar-refractivity contribution is 5.17. The van der Waals surface area contributed by atoms with Gasteiger partial charge in [0.25, 0.3) is 0 Å². The number of ether oxygens (including phenoxy) is 1. The van der Waals surface area contributed by atoms with Crippen molar-refractivity contribution in [2.24, 2.45) is 0 Å². The van der Waals surface area contributed by atoms with Crippen molar-refractivity contribution in [2.75, 3.05) is 19.7 Å². The molecule has 1 aromatic carbocycles. The fourth-order valence-corrected chi connectivity index (χ4v) is 1.96. The molecule has 1 heterocycles. The van der Waals surface area contributed by atoms with Crippen LogP contribution < -0.4 is 5.32 Å². The number of nitrogens with one attached hydrogen (secondary N) is 1. The summed E-state index contributed by atoms with van der Waals surface area (Å²) in [5.74, 6) is 0. The van der Waals surface area contributed by atoms with Crippen molar-refractivity contribution in [2.45, 2.75) is 25.0 Å². The summed E-state index contributed by atoms with van der Waals surface area (Å²) < 4.78 is 5.69. The number of hydrogen-bond donors (Lipinski definition) is 2. The summed E-state index contributed by atoms with van der Waals surface area (Å²) in [6.45, 7) is 2.37. The van der Waals surface area contributed by atoms with Crippen molar-refractivity contribution >= 4 is 0 Å². The summed E-state index contributed by atoms with van der Waals surface area (Å²) in [5.41, 5.74) is 0.922. The minimum absolute atomic E-state index is 0.257. The van der Waals surface area contributed by atoms with Gasteiger partial charge < -0.3 is 15.2 Å². The predicted molar refractivity (Wildman–Crippen MR) is 63.2 cm³/mol. The molecule has 16 heavy (non-hydrogen) atoms. The molecule has 3 heteroatoms. The van der Waals surface area contributed by atoms with E-state index in [1.807, 2.05) is 30.3 Å². The fraction of sp³-hybridized carbons (Fsp3) is 0.538. The predicted octanol–water partition coefficient (Wildman–Crippen LogP) is 1.49. The molecule has 3 nitrogen and oxygen atoms in total. The average molecular weight is 221 g/mol. The van der Waals surface area contributed by atoms with Gasteiger partial charge in [-0.3, -0.25) is 0 Å². The lowest BCUT2D eigenvalue weighted by molar-refractivity contribution is -0.0188. The van der Waals surface area contributed by atoms with Gasteiger partial charge >= 0.3 is 0 Å². The van der Waals surface area contributed by atoms with Gasteiger partial charge in [-0.1, -0.05) is 30.3 Å². The molecule has 0 radical (unpaired) electrons. The van der Waals surface area contributed by atoms with E-state index in [0.717, 1.165) is 31.5 Å². The Bertz CT molecular complexity index is 296. The van der Waals surface area contributed by atoms with E-state index in [4.69, 9.17) is 4.74 Å². The monoisotopic (exact) mass is 221 g/mol. The first-order chi connectivity index (χ1) is 7.86. The third kappa shape index (κ3) is 3.30. The van der Waals surface area contributed by atoms with Crippen molar-refractivity contribution in [1.82, 2.24) is 5.32 Å². The smallest absolute Gasteiger partial charge is 0.102 e. The number of aliphatic hydroxyl groups excluding tert-OH is 1. The summed E-state index contributed by atoms with van der Waals surface area (Å²) in [5, 5.41) is 13.2. The maximum atomic E-state index is 9.91. The Morgan fingerprint density at radius 2 is 2.19 bits per heavy atom. The van der Waals surface area contributed by atoms with Gasteiger partial charge in [-0.25, -0.2) is 0 Å². The molecule has 0 aliphatic carbocycles. The van der Waals surface area contributed by atoms with Crippen molar-refractivity contribution in [3.05, 3.63) is 35.9 Å². The van der Waals surface area contributed by atoms with E-state index in [2.05, 4.69) is 5.32 Å². The van der Waals surface area contributed by atoms with Gasteiger partial charge in [0.1, 0.15) is 6.10 Å². The number of hydrogen-bond acceptors (Lipinski definition) is 3. The maximum Gasteiger partial charge on any atom is 0.102 e. The molecule has 2 rings (SSSR count). The molecule has 1 aromatic rings. The van der Waals surface area contributed by atoms with Crippen LogP contribution in [-0.4, -0.2) is 30.9 Å². The SMILES string of the molecule is OC(COC1CCCNC1)c1ccccc1. The van der Waals surface area contributed by atoms with Crippen LogP contribution in [0.25, 0.3) is 0 Å². The molecule has 1 aliphatic heterocycles. The minimum Gasteiger partial charge on any atom is -0.386 e. The quantitative estimate of drug-likeness (QED) is 0.809. The second-order valence-corrected chi connectivity index (χ2v) is 4.23. The Morgan fingerprint density at radius 1 is 1.38 bits per heavy atom. The summed E-state index contributed by atoms with van der Waals surface area (Å²) >= 11 is 0. The van der Waals surface area contributed by atoms with Crippen LogP contribution in [0.4, 0.5) is 0 Å². The Labute approximate surface area is 96.4 Å². The normalized spacial score (nSPS) is 22.9. The van der Waals surface area contributed by atoms with Crippen LogP contribution in [0.5, 0.6) is 0 Å². The van der Waals surface area contributed by atoms with Crippen LogP contribution in [0.1, 0.15) is 24.5 Å². The van der Waals surface area contributed by atoms with E-state index < -0.39 is 6.10 Å². The minimum atomic E-state index is -0.511. The Hall–Kier alpha value is -0.900. The first-order valence-corrected chi connectivity index (χ1v) is 5.91. The largest absolute Gasteiger partial charge is 0.386 e. The first-order valence-electron chi connectivity index (χ1n) is 5.91. The highest BCUT2D eigenvalue weighted by atomic mass is 16.5. The third-order valence-corrected chi connectivity index (χ3v) is 2.93. The van der Waals surface area contributed by atoms with E-state index in [1.54, 1.807) is 0 Å². The number of piperidine rings is 1. The first kappa shape index (κ1) is 11.6. The van der Waals surface area contributed by atoms with Gasteiger partial charge in [0.05, 0.1) is 12.7 Å². The maximum absolute atomic E-state index is 9.91. The van der Waals surface area contributed by atoms with Crippen LogP contribution in [0.15, 0.2) is 30.3 Å². The summed E-state index contributed by atoms with van der Waals surface area (Å²) in [6.07, 6.45) is 2.00. The van der Waals surface area contributed by atoms with Crippen LogP contribution in [0.2, 0.25) is 0 Å². The number of rotatable bonds is 4. The van der Waals surface area contributed by atoms with Crippen LogP contribution in [0, 0.1) is 0 Å². The van der Waals surface area contributed by atoms with Gasteiger partial charge in [0.2, 0.25) is 0 Å². The zero-order chi connectivity index (χ0) is 11.2. The molecular weight excluding hydrogens is 202 g/mol. The van der Waals surface area contributed by atoms with E-state index in [1.165, 1.54) is 0 Å². The molecule has 0 spiro atoms. The van der Waals surface area contributed by atoms with Crippen LogP contribution in [-0.2, 0) is 4.74 Å². The summed E-state index contributed by atoms with van der Waals surface area (Å²) in [7, 11) is 0. The van der Waals surface area contributed by atoms with Gasteiger partial charge in [0, 0.05) is 6.54 Å². The molecule has 0 bridgehead atoms. The standard InChI is InChI=1S/C13H19NO2/c15-13(11-5-2-1-3-6-11)10-16-12-7-4-8-14-9-12/h1-3,5-6,12-15H,4,7-10H2.